The van der Waals surface area contributed by atoms with Gasteiger partial charge in [-0.05, 0) is 18.2 Å². The molecule has 92 valence electrons. The lowest BCUT2D eigenvalue weighted by molar-refractivity contribution is 0.102. The highest BCUT2D eigenvalue weighted by Crippen LogP contribution is 2.20. The van der Waals surface area contributed by atoms with E-state index in [1.54, 1.807) is 6.07 Å². The lowest BCUT2D eigenvalue weighted by Gasteiger charge is -2.06. The first-order valence-electron chi connectivity index (χ1n) is 4.80. The maximum Gasteiger partial charge on any atom is 0.257 e. The zero-order valence-electron chi connectivity index (χ0n) is 8.82. The highest BCUT2D eigenvalue weighted by molar-refractivity contribution is 6.35. The summed E-state index contributed by atoms with van der Waals surface area (Å²) in [5.74, 6) is -0.397. The number of carbonyl (C=O) groups excluding carboxylic acids is 1. The van der Waals surface area contributed by atoms with Crippen LogP contribution in [0.25, 0.3) is 0 Å². The lowest BCUT2D eigenvalue weighted by Crippen LogP contribution is -2.12. The minimum absolute atomic E-state index is 0.192. The van der Waals surface area contributed by atoms with Gasteiger partial charge in [-0.15, -0.1) is 0 Å². The molecule has 0 saturated heterocycles. The predicted molar refractivity (Wildman–Crippen MR) is 71.5 cm³/mol. The fraction of sp³-hybridized carbons (Fsp3) is 0. The van der Waals surface area contributed by atoms with Crippen LogP contribution in [0.3, 0.4) is 0 Å². The van der Waals surface area contributed by atoms with Gasteiger partial charge in [0.15, 0.2) is 0 Å². The molecule has 1 N–H and O–H groups in total. The number of anilines is 1. The number of hydrogen-bond donors (Lipinski definition) is 1. The van der Waals surface area contributed by atoms with Gasteiger partial charge in [-0.25, -0.2) is 9.97 Å². The smallest absolute Gasteiger partial charge is 0.257 e. The summed E-state index contributed by atoms with van der Waals surface area (Å²) in [6.45, 7) is 0. The molecule has 2 rings (SSSR count). The van der Waals surface area contributed by atoms with Gasteiger partial charge in [-0.3, -0.25) is 4.79 Å². The van der Waals surface area contributed by atoms with Crippen LogP contribution in [0.4, 0.5) is 5.69 Å². The molecule has 0 saturated carbocycles. The quantitative estimate of drug-likeness (QED) is 0.861. The second-order valence-corrected chi connectivity index (χ2v) is 4.49. The van der Waals surface area contributed by atoms with Gasteiger partial charge in [0.1, 0.15) is 10.3 Å². The van der Waals surface area contributed by atoms with Crippen molar-refractivity contribution in [1.82, 2.24) is 9.97 Å². The molecule has 2 aromatic rings. The highest BCUT2D eigenvalue weighted by atomic mass is 35.5. The fourth-order valence-electron chi connectivity index (χ4n) is 1.27. The fourth-order valence-corrected chi connectivity index (χ4v) is 1.79. The van der Waals surface area contributed by atoms with E-state index in [1.165, 1.54) is 24.5 Å². The van der Waals surface area contributed by atoms with Crippen LogP contribution >= 0.6 is 34.8 Å². The maximum atomic E-state index is 12.0. The molecule has 0 fully saturated rings. The predicted octanol–water partition coefficient (Wildman–Crippen LogP) is 3.69. The average molecular weight is 303 g/mol. The van der Waals surface area contributed by atoms with Crippen LogP contribution in [0.15, 0.2) is 30.6 Å². The van der Waals surface area contributed by atoms with E-state index in [0.717, 1.165) is 0 Å². The average Bonchev–Trinajstić information content (AvgIpc) is 2.32. The first-order valence-corrected chi connectivity index (χ1v) is 5.93. The van der Waals surface area contributed by atoms with Crippen molar-refractivity contribution in [3.8, 4) is 0 Å². The molecule has 0 spiro atoms. The molecule has 0 aliphatic rings. The normalized spacial score (nSPS) is 10.2. The van der Waals surface area contributed by atoms with E-state index in [2.05, 4.69) is 15.3 Å². The molecule has 0 aromatic carbocycles. The number of carbonyl (C=O) groups is 1. The van der Waals surface area contributed by atoms with Crippen molar-refractivity contribution in [3.05, 3.63) is 51.5 Å². The van der Waals surface area contributed by atoms with Crippen molar-refractivity contribution in [2.75, 3.05) is 5.32 Å². The lowest BCUT2D eigenvalue weighted by atomic mass is 10.2. The summed E-state index contributed by atoms with van der Waals surface area (Å²) in [7, 11) is 0. The Labute approximate surface area is 118 Å². The van der Waals surface area contributed by atoms with Crippen LogP contribution in [0.2, 0.25) is 15.3 Å². The topological polar surface area (TPSA) is 54.9 Å². The molecule has 18 heavy (non-hydrogen) atoms. The van der Waals surface area contributed by atoms with Gasteiger partial charge in [0.05, 0.1) is 10.6 Å². The Morgan fingerprint density at radius 2 is 1.83 bits per heavy atom. The zero-order chi connectivity index (χ0) is 13.1. The van der Waals surface area contributed by atoms with Gasteiger partial charge < -0.3 is 5.32 Å². The third kappa shape index (κ3) is 3.10. The molecule has 0 radical (unpaired) electrons. The summed E-state index contributed by atoms with van der Waals surface area (Å²) in [5, 5.41) is 3.33. The number of pyridine rings is 2. The molecule has 0 atom stereocenters. The molecule has 0 bridgehead atoms. The van der Waals surface area contributed by atoms with E-state index in [-0.39, 0.29) is 20.9 Å². The minimum atomic E-state index is -0.397. The van der Waals surface area contributed by atoms with E-state index in [4.69, 9.17) is 34.8 Å². The Morgan fingerprint density at radius 3 is 2.56 bits per heavy atom. The van der Waals surface area contributed by atoms with Crippen molar-refractivity contribution in [1.29, 1.82) is 0 Å². The Balaban J connectivity index is 2.24. The number of amides is 1. The third-order valence-corrected chi connectivity index (χ3v) is 2.77. The molecule has 1 amide bonds. The minimum Gasteiger partial charge on any atom is -0.322 e. The van der Waals surface area contributed by atoms with Crippen LogP contribution in [0, 0.1) is 0 Å². The summed E-state index contributed by atoms with van der Waals surface area (Å²) < 4.78 is 0. The number of aromatic nitrogens is 2. The second-order valence-electron chi connectivity index (χ2n) is 3.31. The van der Waals surface area contributed by atoms with Crippen LogP contribution in [-0.4, -0.2) is 15.9 Å². The highest BCUT2D eigenvalue weighted by Gasteiger charge is 2.12. The van der Waals surface area contributed by atoms with Crippen molar-refractivity contribution in [3.63, 3.8) is 0 Å². The molecule has 2 aromatic heterocycles. The van der Waals surface area contributed by atoms with Gasteiger partial charge in [0.25, 0.3) is 5.91 Å². The molecule has 0 aliphatic carbocycles. The monoisotopic (exact) mass is 301 g/mol. The molecular formula is C11H6Cl3N3O. The van der Waals surface area contributed by atoms with Crippen LogP contribution in [-0.2, 0) is 0 Å². The Bertz CT molecular complexity index is 604. The largest absolute Gasteiger partial charge is 0.322 e. The number of halogens is 3. The second kappa shape index (κ2) is 5.52. The van der Waals surface area contributed by atoms with Gasteiger partial charge >= 0.3 is 0 Å². The summed E-state index contributed by atoms with van der Waals surface area (Å²) in [5.41, 5.74) is 0.758. The van der Waals surface area contributed by atoms with E-state index in [1.807, 2.05) is 0 Å². The molecule has 2 heterocycles. The van der Waals surface area contributed by atoms with E-state index in [9.17, 15) is 4.79 Å². The summed E-state index contributed by atoms with van der Waals surface area (Å²) in [6, 6.07) is 4.53. The van der Waals surface area contributed by atoms with Crippen molar-refractivity contribution < 1.29 is 4.79 Å². The van der Waals surface area contributed by atoms with E-state index in [0.29, 0.717) is 5.69 Å². The van der Waals surface area contributed by atoms with Crippen LogP contribution in [0.5, 0.6) is 0 Å². The molecule has 0 unspecified atom stereocenters. The van der Waals surface area contributed by atoms with Crippen molar-refractivity contribution in [2.45, 2.75) is 0 Å². The van der Waals surface area contributed by atoms with Crippen LogP contribution < -0.4 is 5.32 Å². The van der Waals surface area contributed by atoms with E-state index < -0.39 is 5.91 Å². The number of nitrogens with zero attached hydrogens (tertiary/aromatic N) is 2. The SMILES string of the molecule is O=C(Nc1ccnc(Cl)c1)c1cc(Cl)ncc1Cl. The molecular weight excluding hydrogens is 296 g/mol. The summed E-state index contributed by atoms with van der Waals surface area (Å²) in [6.07, 6.45) is 2.80. The van der Waals surface area contributed by atoms with E-state index >= 15 is 0 Å². The number of rotatable bonds is 2. The molecule has 0 aliphatic heterocycles. The Hall–Kier alpha value is -1.36. The van der Waals surface area contributed by atoms with Gasteiger partial charge in [0.2, 0.25) is 0 Å². The third-order valence-electron chi connectivity index (χ3n) is 2.05. The number of nitrogens with one attached hydrogen (secondary N) is 1. The van der Waals surface area contributed by atoms with Gasteiger partial charge in [-0.2, -0.15) is 0 Å². The summed E-state index contributed by atoms with van der Waals surface area (Å²) >= 11 is 17.3. The first kappa shape index (κ1) is 13.1. The van der Waals surface area contributed by atoms with Crippen molar-refractivity contribution >= 4 is 46.4 Å². The first-order chi connectivity index (χ1) is 8.56. The molecule has 7 heteroatoms. The standard InChI is InChI=1S/C11H6Cl3N3O/c12-8-5-16-10(14)4-7(8)11(18)17-6-1-2-15-9(13)3-6/h1-5H,(H,15,17,18). The zero-order valence-corrected chi connectivity index (χ0v) is 11.1. The summed E-state index contributed by atoms with van der Waals surface area (Å²) in [4.78, 5) is 19.5. The van der Waals surface area contributed by atoms with Crippen molar-refractivity contribution in [2.24, 2.45) is 0 Å². The number of hydrogen-bond acceptors (Lipinski definition) is 3. The van der Waals surface area contributed by atoms with Crippen LogP contribution in [0.1, 0.15) is 10.4 Å². The van der Waals surface area contributed by atoms with Gasteiger partial charge in [-0.1, -0.05) is 34.8 Å². The van der Waals surface area contributed by atoms with Gasteiger partial charge in [0, 0.05) is 18.1 Å². The Morgan fingerprint density at radius 1 is 1.11 bits per heavy atom. The molecule has 4 nitrogen and oxygen atoms in total. The Kier molecular flexibility index (Phi) is 4.01. The maximum absolute atomic E-state index is 12.0.